The van der Waals surface area contributed by atoms with E-state index in [-0.39, 0.29) is 36.4 Å². The first-order chi connectivity index (χ1) is 16.4. The van der Waals surface area contributed by atoms with Gasteiger partial charge in [-0.05, 0) is 35.1 Å². The standard InChI is InChI=1S/C25H24N4O5/c1-29-12-19(22(30)31)21(28-29)27-23(32)25(10-11-25)14-26-24(33)34-13-20-17-8-4-2-6-15(17)16-7-3-5-9-18(16)20/h2-9,12,20H,10-11,13-14H2,1H3,(H,26,33)(H,30,31)(H,27,28,32). The number of fused-ring (bicyclic) bond motifs is 3. The van der Waals surface area contributed by atoms with Gasteiger partial charge in [0.05, 0.1) is 5.41 Å². The Hall–Kier alpha value is -4.14. The second kappa shape index (κ2) is 8.33. The minimum absolute atomic E-state index is 0.00702. The molecule has 34 heavy (non-hydrogen) atoms. The van der Waals surface area contributed by atoms with Gasteiger partial charge in [0.15, 0.2) is 5.82 Å². The third-order valence-electron chi connectivity index (χ3n) is 6.54. The summed E-state index contributed by atoms with van der Waals surface area (Å²) in [6, 6.07) is 16.2. The van der Waals surface area contributed by atoms with Crippen molar-refractivity contribution in [3.8, 4) is 11.1 Å². The lowest BCUT2D eigenvalue weighted by atomic mass is 9.98. The van der Waals surface area contributed by atoms with Crippen molar-refractivity contribution in [3.05, 3.63) is 71.4 Å². The lowest BCUT2D eigenvalue weighted by Gasteiger charge is -2.17. The van der Waals surface area contributed by atoms with Crippen LogP contribution in [0.25, 0.3) is 11.1 Å². The van der Waals surface area contributed by atoms with Gasteiger partial charge in [0.2, 0.25) is 5.91 Å². The Morgan fingerprint density at radius 3 is 2.29 bits per heavy atom. The largest absolute Gasteiger partial charge is 0.477 e. The van der Waals surface area contributed by atoms with Crippen LogP contribution >= 0.6 is 0 Å². The lowest BCUT2D eigenvalue weighted by Crippen LogP contribution is -2.38. The molecule has 1 aromatic heterocycles. The van der Waals surface area contributed by atoms with Gasteiger partial charge >= 0.3 is 12.1 Å². The number of nitrogens with one attached hydrogen (secondary N) is 2. The van der Waals surface area contributed by atoms with Crippen LogP contribution in [0.2, 0.25) is 0 Å². The molecule has 9 nitrogen and oxygen atoms in total. The van der Waals surface area contributed by atoms with Crippen LogP contribution in [0, 0.1) is 5.41 Å². The number of hydrogen-bond acceptors (Lipinski definition) is 5. The maximum atomic E-state index is 12.8. The van der Waals surface area contributed by atoms with Gasteiger partial charge in [-0.3, -0.25) is 9.48 Å². The van der Waals surface area contributed by atoms with Gasteiger partial charge in [-0.2, -0.15) is 5.10 Å². The van der Waals surface area contributed by atoms with Crippen molar-refractivity contribution in [2.75, 3.05) is 18.5 Å². The molecule has 5 rings (SSSR count). The Bertz CT molecular complexity index is 1250. The number of nitrogens with zero attached hydrogens (tertiary/aromatic N) is 2. The average molecular weight is 460 g/mol. The predicted molar refractivity (Wildman–Crippen MR) is 124 cm³/mol. The highest BCUT2D eigenvalue weighted by molar-refractivity contribution is 6.02. The predicted octanol–water partition coefficient (Wildman–Crippen LogP) is 3.38. The third-order valence-corrected chi connectivity index (χ3v) is 6.54. The first kappa shape index (κ1) is 21.7. The first-order valence-electron chi connectivity index (χ1n) is 11.1. The number of carbonyl (C=O) groups is 3. The van der Waals surface area contributed by atoms with E-state index in [4.69, 9.17) is 4.74 Å². The molecule has 2 aliphatic rings. The van der Waals surface area contributed by atoms with Crippen molar-refractivity contribution >= 4 is 23.8 Å². The Kier molecular flexibility index (Phi) is 5.31. The molecule has 9 heteroatoms. The van der Waals surface area contributed by atoms with Crippen molar-refractivity contribution in [2.45, 2.75) is 18.8 Å². The molecule has 3 aromatic rings. The van der Waals surface area contributed by atoms with Gasteiger partial charge in [0.25, 0.3) is 0 Å². The van der Waals surface area contributed by atoms with Crippen LogP contribution in [0.3, 0.4) is 0 Å². The fourth-order valence-corrected chi connectivity index (χ4v) is 4.50. The molecule has 2 aromatic carbocycles. The van der Waals surface area contributed by atoms with Gasteiger partial charge in [0.1, 0.15) is 12.2 Å². The number of aromatic nitrogens is 2. The average Bonchev–Trinajstić information content (AvgIpc) is 3.44. The molecule has 1 saturated carbocycles. The van der Waals surface area contributed by atoms with Crippen molar-refractivity contribution in [1.29, 1.82) is 0 Å². The summed E-state index contributed by atoms with van der Waals surface area (Å²) in [7, 11) is 1.58. The molecule has 0 unspecified atom stereocenters. The van der Waals surface area contributed by atoms with Crippen LogP contribution < -0.4 is 10.6 Å². The number of rotatable bonds is 7. The number of hydrogen-bond donors (Lipinski definition) is 3. The van der Waals surface area contributed by atoms with Crippen molar-refractivity contribution in [2.24, 2.45) is 12.5 Å². The van der Waals surface area contributed by atoms with Gasteiger partial charge in [-0.15, -0.1) is 0 Å². The first-order valence-corrected chi connectivity index (χ1v) is 11.1. The molecule has 2 aliphatic carbocycles. The molecule has 0 radical (unpaired) electrons. The fourth-order valence-electron chi connectivity index (χ4n) is 4.50. The zero-order chi connectivity index (χ0) is 23.9. The summed E-state index contributed by atoms with van der Waals surface area (Å²) in [5, 5.41) is 18.6. The Morgan fingerprint density at radius 1 is 1.09 bits per heavy atom. The molecular formula is C25H24N4O5. The van der Waals surface area contributed by atoms with Crippen LogP contribution in [-0.2, 0) is 16.6 Å². The number of aryl methyl sites for hydroxylation is 1. The molecule has 0 aliphatic heterocycles. The number of amides is 2. The maximum absolute atomic E-state index is 12.8. The molecule has 1 fully saturated rings. The van der Waals surface area contributed by atoms with E-state index < -0.39 is 17.5 Å². The van der Waals surface area contributed by atoms with E-state index in [9.17, 15) is 19.5 Å². The number of aromatic carboxylic acids is 1. The van der Waals surface area contributed by atoms with Crippen molar-refractivity contribution in [1.82, 2.24) is 15.1 Å². The summed E-state index contributed by atoms with van der Waals surface area (Å²) >= 11 is 0. The Labute approximate surface area is 195 Å². The highest BCUT2D eigenvalue weighted by Gasteiger charge is 2.50. The summed E-state index contributed by atoms with van der Waals surface area (Å²) in [5.41, 5.74) is 3.67. The van der Waals surface area contributed by atoms with Gasteiger partial charge < -0.3 is 20.5 Å². The molecule has 1 heterocycles. The normalized spacial score (nSPS) is 15.2. The maximum Gasteiger partial charge on any atom is 0.407 e. The number of anilines is 1. The van der Waals surface area contributed by atoms with E-state index in [0.29, 0.717) is 12.8 Å². The Morgan fingerprint density at radius 2 is 1.71 bits per heavy atom. The highest BCUT2D eigenvalue weighted by atomic mass is 16.5. The van der Waals surface area contributed by atoms with E-state index in [1.54, 1.807) is 7.05 Å². The van der Waals surface area contributed by atoms with E-state index in [1.165, 1.54) is 10.9 Å². The third kappa shape index (κ3) is 3.89. The zero-order valence-corrected chi connectivity index (χ0v) is 18.6. The van der Waals surface area contributed by atoms with E-state index in [1.807, 2.05) is 36.4 Å². The lowest BCUT2D eigenvalue weighted by molar-refractivity contribution is -0.120. The molecule has 0 saturated heterocycles. The Balaban J connectivity index is 1.19. The smallest absolute Gasteiger partial charge is 0.407 e. The topological polar surface area (TPSA) is 123 Å². The molecule has 2 amide bonds. The number of carbonyl (C=O) groups excluding carboxylic acids is 2. The van der Waals surface area contributed by atoms with Gasteiger partial charge in [-0.25, -0.2) is 9.59 Å². The SMILES string of the molecule is Cn1cc(C(=O)O)c(NC(=O)C2(CNC(=O)OCC3c4ccccc4-c4ccccc43)CC2)n1. The second-order valence-electron chi connectivity index (χ2n) is 8.78. The summed E-state index contributed by atoms with van der Waals surface area (Å²) < 4.78 is 6.87. The summed E-state index contributed by atoms with van der Waals surface area (Å²) in [6.07, 6.45) is 1.90. The van der Waals surface area contributed by atoms with Gasteiger partial charge in [-0.1, -0.05) is 48.5 Å². The van der Waals surface area contributed by atoms with E-state index >= 15 is 0 Å². The number of carboxylic acid groups (broad SMARTS) is 1. The minimum atomic E-state index is -1.18. The summed E-state index contributed by atoms with van der Waals surface area (Å²) in [5.74, 6) is -1.60. The molecule has 174 valence electrons. The number of ether oxygens (including phenoxy) is 1. The minimum Gasteiger partial charge on any atom is -0.477 e. The molecule has 0 spiro atoms. The van der Waals surface area contributed by atoms with Crippen LogP contribution in [-0.4, -0.2) is 46.0 Å². The molecule has 3 N–H and O–H groups in total. The fraction of sp³-hybridized carbons (Fsp3) is 0.280. The molecule has 0 bridgehead atoms. The van der Waals surface area contributed by atoms with E-state index in [2.05, 4.69) is 27.9 Å². The quantitative estimate of drug-likeness (QED) is 0.497. The number of alkyl carbamates (subject to hydrolysis) is 1. The van der Waals surface area contributed by atoms with Crippen LogP contribution in [0.4, 0.5) is 10.6 Å². The van der Waals surface area contributed by atoms with Crippen molar-refractivity contribution < 1.29 is 24.2 Å². The molecular weight excluding hydrogens is 436 g/mol. The van der Waals surface area contributed by atoms with Crippen LogP contribution in [0.1, 0.15) is 40.2 Å². The van der Waals surface area contributed by atoms with E-state index in [0.717, 1.165) is 22.3 Å². The highest BCUT2D eigenvalue weighted by Crippen LogP contribution is 2.46. The summed E-state index contributed by atoms with van der Waals surface area (Å²) in [6.45, 7) is 0.291. The van der Waals surface area contributed by atoms with Gasteiger partial charge in [0, 0.05) is 25.7 Å². The second-order valence-corrected chi connectivity index (χ2v) is 8.78. The zero-order valence-electron chi connectivity index (χ0n) is 18.6. The number of carboxylic acids is 1. The van der Waals surface area contributed by atoms with Crippen molar-refractivity contribution in [3.63, 3.8) is 0 Å². The van der Waals surface area contributed by atoms with Crippen LogP contribution in [0.15, 0.2) is 54.7 Å². The monoisotopic (exact) mass is 460 g/mol. The number of benzene rings is 2. The summed E-state index contributed by atoms with van der Waals surface area (Å²) in [4.78, 5) is 36.6. The van der Waals surface area contributed by atoms with Crippen LogP contribution in [0.5, 0.6) is 0 Å². The molecule has 0 atom stereocenters.